The molecule has 0 aromatic heterocycles. The highest BCUT2D eigenvalue weighted by Crippen LogP contribution is 2.60. The number of esters is 4. The predicted molar refractivity (Wildman–Crippen MR) is 293 cm³/mol. The Morgan fingerprint density at radius 3 is 0.675 bits per heavy atom. The zero-order valence-corrected chi connectivity index (χ0v) is 49.0. The number of urea groups is 4. The highest BCUT2D eigenvalue weighted by molar-refractivity contribution is 6.12. The van der Waals surface area contributed by atoms with E-state index in [1.54, 1.807) is 0 Å². The third-order valence-electron chi connectivity index (χ3n) is 17.5. The summed E-state index contributed by atoms with van der Waals surface area (Å²) < 4.78 is 36.2. The van der Waals surface area contributed by atoms with Crippen LogP contribution in [0.1, 0.15) is 233 Å². The van der Waals surface area contributed by atoms with E-state index in [2.05, 4.69) is 27.7 Å². The predicted octanol–water partition coefficient (Wildman–Crippen LogP) is 10.3. The highest BCUT2D eigenvalue weighted by Gasteiger charge is 2.93. The standard InChI is InChI=1S/C58H96N8O14/c1-5-9-13-17-21-25-29-33-37-77-47(67)55-57(49(69)79-39-35-31-27-23-19-15-11-7-3)63-43-75-44-64(57)52(72)60(55)42-62-54(74)66-46-76-45-65-53(73)61(41-59(55)51(63)71)56(62,48(68)78-38-34-30-26-22-18-14-10-6-2)58(65,66)50(70)80-40-36-32-28-24-20-16-12-8-4/h5-46H2,1-4H3. The van der Waals surface area contributed by atoms with Crippen molar-refractivity contribution in [2.24, 2.45) is 0 Å². The van der Waals surface area contributed by atoms with Crippen LogP contribution in [0.25, 0.3) is 0 Å². The molecule has 7 heterocycles. The van der Waals surface area contributed by atoms with Gasteiger partial charge in [-0.3, -0.25) is 39.2 Å². The summed E-state index contributed by atoms with van der Waals surface area (Å²) in [7, 11) is 0. The minimum absolute atomic E-state index is 0.111. The molecule has 0 radical (unpaired) electrons. The summed E-state index contributed by atoms with van der Waals surface area (Å²) in [5.74, 6) is -4.62. The quantitative estimate of drug-likeness (QED) is 0.0317. The molecule has 0 atom stereocenters. The van der Waals surface area contributed by atoms with Crippen LogP contribution < -0.4 is 0 Å². The van der Waals surface area contributed by atoms with Crippen LogP contribution in [0.5, 0.6) is 0 Å². The summed E-state index contributed by atoms with van der Waals surface area (Å²) >= 11 is 0. The van der Waals surface area contributed by atoms with Gasteiger partial charge in [0.25, 0.3) is 22.7 Å². The lowest BCUT2D eigenvalue weighted by Crippen LogP contribution is -2.82. The molecule has 0 aromatic carbocycles. The molecule has 0 unspecified atom stereocenters. The van der Waals surface area contributed by atoms with Gasteiger partial charge in [0, 0.05) is 0 Å². The SMILES string of the molecule is CCCCCCCCCCOC(=O)C12N3COCN1C(=O)N1CN4C(=O)N5COCN6C(=O)N(CN(C3=O)C12C(=O)OCCCCCCCCCC)C4(C(=O)OCCCCCCCCCC)C65C(=O)OCCCCCCCCCC. The van der Waals surface area contributed by atoms with Gasteiger partial charge in [0.2, 0.25) is 0 Å². The molecule has 22 heteroatoms. The molecule has 452 valence electrons. The first-order chi connectivity index (χ1) is 39.0. The van der Waals surface area contributed by atoms with Gasteiger partial charge in [0.15, 0.2) is 0 Å². The van der Waals surface area contributed by atoms with Crippen LogP contribution in [0.15, 0.2) is 0 Å². The zero-order chi connectivity index (χ0) is 57.2. The average Bonchev–Trinajstić information content (AvgIpc) is 3.92. The van der Waals surface area contributed by atoms with Gasteiger partial charge < -0.3 is 28.4 Å². The topological polar surface area (TPSA) is 218 Å². The molecule has 22 nitrogen and oxygen atoms in total. The van der Waals surface area contributed by atoms with E-state index in [0.29, 0.717) is 38.5 Å². The van der Waals surface area contributed by atoms with Gasteiger partial charge in [0.05, 0.1) is 26.4 Å². The lowest BCUT2D eigenvalue weighted by Gasteiger charge is -2.52. The highest BCUT2D eigenvalue weighted by atomic mass is 16.6. The largest absolute Gasteiger partial charge is 0.462 e. The molecule has 0 saturated carbocycles. The molecule has 0 bridgehead atoms. The Labute approximate surface area is 475 Å². The number of hydrogen-bond acceptors (Lipinski definition) is 14. The molecular weight excluding hydrogens is 1030 g/mol. The molecule has 7 aliphatic heterocycles. The monoisotopic (exact) mass is 1130 g/mol. The van der Waals surface area contributed by atoms with E-state index < -0.39 is 111 Å². The van der Waals surface area contributed by atoms with Crippen molar-refractivity contribution in [2.45, 2.75) is 256 Å². The van der Waals surface area contributed by atoms with Crippen molar-refractivity contribution in [1.29, 1.82) is 0 Å². The average molecular weight is 1130 g/mol. The summed E-state index contributed by atoms with van der Waals surface area (Å²) in [6.45, 7) is 3.61. The molecule has 0 aromatic rings. The van der Waals surface area contributed by atoms with E-state index in [-0.39, 0.29) is 26.4 Å². The summed E-state index contributed by atoms with van der Waals surface area (Å²) in [6.07, 6.45) is 30.1. The van der Waals surface area contributed by atoms with Gasteiger partial charge in [-0.05, 0) is 25.7 Å². The molecule has 8 amide bonds. The Morgan fingerprint density at radius 2 is 0.475 bits per heavy atom. The van der Waals surface area contributed by atoms with E-state index in [1.807, 2.05) is 0 Å². The van der Waals surface area contributed by atoms with Crippen LogP contribution in [-0.4, -0.2) is 177 Å². The van der Waals surface area contributed by atoms with Crippen LogP contribution >= 0.6 is 0 Å². The maximum atomic E-state index is 15.8. The third kappa shape index (κ3) is 11.5. The van der Waals surface area contributed by atoms with Crippen molar-refractivity contribution in [1.82, 2.24) is 39.2 Å². The summed E-state index contributed by atoms with van der Waals surface area (Å²) in [5, 5.41) is 0. The lowest BCUT2D eigenvalue weighted by atomic mass is 9.88. The van der Waals surface area contributed by atoms with Gasteiger partial charge >= 0.3 is 48.0 Å². The van der Waals surface area contributed by atoms with Crippen molar-refractivity contribution >= 4 is 48.0 Å². The fraction of sp³-hybridized carbons (Fsp3) is 0.862. The van der Waals surface area contributed by atoms with Crippen molar-refractivity contribution < 1.29 is 66.8 Å². The normalized spacial score (nSPS) is 24.4. The Morgan fingerprint density at radius 1 is 0.300 bits per heavy atom. The number of hydrogen-bond donors (Lipinski definition) is 0. The fourth-order valence-electron chi connectivity index (χ4n) is 13.2. The van der Waals surface area contributed by atoms with Crippen molar-refractivity contribution in [3.8, 4) is 0 Å². The number of ether oxygens (including phenoxy) is 6. The Kier molecular flexibility index (Phi) is 23.2. The van der Waals surface area contributed by atoms with Gasteiger partial charge in [-0.15, -0.1) is 0 Å². The molecule has 0 spiro atoms. The van der Waals surface area contributed by atoms with Crippen molar-refractivity contribution in [3.05, 3.63) is 0 Å². The molecular formula is C58H96N8O14. The summed E-state index contributed by atoms with van der Waals surface area (Å²) in [4.78, 5) is 132. The number of carbonyl (C=O) groups is 8. The second-order valence-corrected chi connectivity index (χ2v) is 22.9. The first kappa shape index (κ1) is 62.5. The van der Waals surface area contributed by atoms with E-state index in [4.69, 9.17) is 28.4 Å². The molecule has 0 aliphatic carbocycles. The second-order valence-electron chi connectivity index (χ2n) is 22.9. The molecule has 7 rings (SSSR count). The summed E-state index contributed by atoms with van der Waals surface area (Å²) in [6, 6.07) is -4.18. The Bertz CT molecular complexity index is 1910. The molecule has 7 saturated heterocycles. The van der Waals surface area contributed by atoms with Gasteiger partial charge in [-0.1, -0.05) is 207 Å². The fourth-order valence-corrected chi connectivity index (χ4v) is 13.2. The van der Waals surface area contributed by atoms with E-state index in [0.717, 1.165) is 206 Å². The maximum Gasteiger partial charge on any atom is 0.359 e. The van der Waals surface area contributed by atoms with Crippen molar-refractivity contribution in [3.63, 3.8) is 0 Å². The van der Waals surface area contributed by atoms with Crippen LogP contribution in [0.2, 0.25) is 0 Å². The molecule has 7 fully saturated rings. The number of amides is 8. The Hall–Kier alpha value is -5.12. The van der Waals surface area contributed by atoms with Crippen LogP contribution in [0, 0.1) is 0 Å². The smallest absolute Gasteiger partial charge is 0.359 e. The first-order valence-corrected chi connectivity index (χ1v) is 31.2. The first-order valence-electron chi connectivity index (χ1n) is 31.2. The minimum Gasteiger partial charge on any atom is -0.462 e. The number of carbonyl (C=O) groups excluding carboxylic acids is 8. The van der Waals surface area contributed by atoms with Crippen LogP contribution in [-0.2, 0) is 47.6 Å². The van der Waals surface area contributed by atoms with E-state index in [9.17, 15) is 0 Å². The number of unbranched alkanes of at least 4 members (excludes halogenated alkanes) is 28. The van der Waals surface area contributed by atoms with E-state index in [1.165, 1.54) is 0 Å². The third-order valence-corrected chi connectivity index (χ3v) is 17.5. The van der Waals surface area contributed by atoms with Crippen molar-refractivity contribution in [2.75, 3.05) is 66.7 Å². The zero-order valence-electron chi connectivity index (χ0n) is 49.0. The molecule has 0 N–H and O–H groups in total. The van der Waals surface area contributed by atoms with Crippen LogP contribution in [0.3, 0.4) is 0 Å². The minimum atomic E-state index is -2.80. The Balaban J connectivity index is 1.27. The number of nitrogens with zero attached hydrogens (tertiary/aromatic N) is 8. The maximum absolute atomic E-state index is 15.8. The summed E-state index contributed by atoms with van der Waals surface area (Å²) in [5.41, 5.74) is -10.8. The van der Waals surface area contributed by atoms with Gasteiger partial charge in [-0.2, -0.15) is 0 Å². The van der Waals surface area contributed by atoms with Gasteiger partial charge in [0.1, 0.15) is 40.3 Å². The number of rotatable bonds is 40. The van der Waals surface area contributed by atoms with Crippen LogP contribution in [0.4, 0.5) is 19.2 Å². The molecule has 80 heavy (non-hydrogen) atoms. The van der Waals surface area contributed by atoms with Gasteiger partial charge in [-0.25, -0.2) is 38.4 Å². The molecule has 7 aliphatic rings. The second kappa shape index (κ2) is 29.7. The van der Waals surface area contributed by atoms with E-state index >= 15 is 38.4 Å². The lowest BCUT2D eigenvalue weighted by molar-refractivity contribution is -0.226.